The van der Waals surface area contributed by atoms with E-state index in [1.807, 2.05) is 12.3 Å². The van der Waals surface area contributed by atoms with Gasteiger partial charge in [0.1, 0.15) is 0 Å². The maximum atomic E-state index is 6.12. The van der Waals surface area contributed by atoms with Gasteiger partial charge in [-0.1, -0.05) is 31.2 Å². The average molecular weight is 275 g/mol. The molecule has 1 aliphatic heterocycles. The van der Waals surface area contributed by atoms with Crippen LogP contribution in [0, 0.1) is 5.92 Å². The Morgan fingerprint density at radius 1 is 1.32 bits per heavy atom. The number of aromatic nitrogens is 1. The van der Waals surface area contributed by atoms with Gasteiger partial charge in [-0.05, 0) is 30.5 Å². The highest BCUT2D eigenvalue weighted by Crippen LogP contribution is 2.28. The van der Waals surface area contributed by atoms with Gasteiger partial charge < -0.3 is 0 Å². The molecule has 100 valence electrons. The first kappa shape index (κ1) is 12.9. The summed E-state index contributed by atoms with van der Waals surface area (Å²) in [6.07, 6.45) is 3.12. The van der Waals surface area contributed by atoms with Gasteiger partial charge in [-0.3, -0.25) is 9.88 Å². The molecule has 1 saturated heterocycles. The van der Waals surface area contributed by atoms with Crippen LogP contribution in [0.5, 0.6) is 0 Å². The van der Waals surface area contributed by atoms with Crippen molar-refractivity contribution in [3.05, 3.63) is 42.1 Å². The first-order valence-electron chi connectivity index (χ1n) is 6.92. The molecule has 0 aliphatic carbocycles. The molecule has 1 aromatic carbocycles. The maximum Gasteiger partial charge on any atom is 0.0746 e. The van der Waals surface area contributed by atoms with Gasteiger partial charge in [0.05, 0.1) is 5.52 Å². The number of likely N-dealkylation sites (tertiary alicyclic amines) is 1. The summed E-state index contributed by atoms with van der Waals surface area (Å²) in [4.78, 5) is 7.03. The maximum absolute atomic E-state index is 6.12. The Balaban J connectivity index is 1.89. The molecule has 0 bridgehead atoms. The molecule has 0 radical (unpaired) electrons. The van der Waals surface area contributed by atoms with Crippen molar-refractivity contribution in [3.8, 4) is 0 Å². The van der Waals surface area contributed by atoms with Gasteiger partial charge in [0, 0.05) is 30.0 Å². The van der Waals surface area contributed by atoms with E-state index in [1.165, 1.54) is 17.4 Å². The number of hydrogen-bond acceptors (Lipinski definition) is 2. The average Bonchev–Trinajstić information content (AvgIpc) is 2.79. The predicted molar refractivity (Wildman–Crippen MR) is 80.4 cm³/mol. The predicted octanol–water partition coefficient (Wildman–Crippen LogP) is 3.68. The first-order chi connectivity index (χ1) is 9.29. The third-order valence-corrected chi connectivity index (χ3v) is 4.56. The van der Waals surface area contributed by atoms with Crippen molar-refractivity contribution in [1.82, 2.24) is 9.88 Å². The number of hydrogen-bond donors (Lipinski definition) is 0. The Bertz CT molecular complexity index is 564. The van der Waals surface area contributed by atoms with E-state index in [0.717, 1.165) is 24.5 Å². The smallest absolute Gasteiger partial charge is 0.0746 e. The first-order valence-corrected chi connectivity index (χ1v) is 7.45. The van der Waals surface area contributed by atoms with E-state index in [0.29, 0.717) is 12.0 Å². The summed E-state index contributed by atoms with van der Waals surface area (Å²) >= 11 is 6.12. The highest BCUT2D eigenvalue weighted by molar-refractivity contribution is 6.18. The number of nitrogens with zero attached hydrogens (tertiary/aromatic N) is 2. The molecule has 3 rings (SSSR count). The van der Waals surface area contributed by atoms with E-state index in [-0.39, 0.29) is 0 Å². The van der Waals surface area contributed by atoms with Crippen LogP contribution in [-0.4, -0.2) is 28.4 Å². The van der Waals surface area contributed by atoms with Crippen molar-refractivity contribution in [2.45, 2.75) is 25.9 Å². The lowest BCUT2D eigenvalue weighted by Gasteiger charge is -2.25. The minimum absolute atomic E-state index is 0.501. The Morgan fingerprint density at radius 3 is 3.00 bits per heavy atom. The molecule has 3 heteroatoms. The number of pyridine rings is 1. The summed E-state index contributed by atoms with van der Waals surface area (Å²) in [6.45, 7) is 4.40. The summed E-state index contributed by atoms with van der Waals surface area (Å²) in [5, 5.41) is 1.22. The Labute approximate surface area is 119 Å². The van der Waals surface area contributed by atoms with Crippen LogP contribution >= 0.6 is 11.6 Å². The molecule has 1 fully saturated rings. The lowest BCUT2D eigenvalue weighted by molar-refractivity contribution is 0.243. The SMILES string of the molecule is CC1CCN(Cc2cccc3cccnc23)C1CCl. The number of para-hydroxylation sites is 1. The zero-order valence-electron chi connectivity index (χ0n) is 11.2. The van der Waals surface area contributed by atoms with Crippen LogP contribution in [0.3, 0.4) is 0 Å². The molecule has 0 amide bonds. The molecular weight excluding hydrogens is 256 g/mol. The van der Waals surface area contributed by atoms with Gasteiger partial charge in [0.25, 0.3) is 0 Å². The Hall–Kier alpha value is -1.12. The van der Waals surface area contributed by atoms with Crippen LogP contribution in [-0.2, 0) is 6.54 Å². The van der Waals surface area contributed by atoms with Crippen molar-refractivity contribution < 1.29 is 0 Å². The standard InChI is InChI=1S/C16H19ClN2/c1-12-7-9-19(15(12)10-17)11-14-5-2-4-13-6-3-8-18-16(13)14/h2-6,8,12,15H,7,9-11H2,1H3. The molecule has 1 aromatic heterocycles. The summed E-state index contributed by atoms with van der Waals surface area (Å²) in [5.74, 6) is 1.42. The van der Waals surface area contributed by atoms with Gasteiger partial charge in [-0.25, -0.2) is 0 Å². The van der Waals surface area contributed by atoms with E-state index in [9.17, 15) is 0 Å². The topological polar surface area (TPSA) is 16.1 Å². The second kappa shape index (κ2) is 5.48. The van der Waals surface area contributed by atoms with Gasteiger partial charge in [-0.15, -0.1) is 11.6 Å². The fourth-order valence-corrected chi connectivity index (χ4v) is 3.55. The highest BCUT2D eigenvalue weighted by Gasteiger charge is 2.30. The van der Waals surface area contributed by atoms with E-state index in [2.05, 4.69) is 41.1 Å². The third kappa shape index (κ3) is 2.47. The van der Waals surface area contributed by atoms with E-state index in [1.54, 1.807) is 0 Å². The monoisotopic (exact) mass is 274 g/mol. The normalized spacial score (nSPS) is 24.1. The van der Waals surface area contributed by atoms with Gasteiger partial charge in [-0.2, -0.15) is 0 Å². The molecule has 19 heavy (non-hydrogen) atoms. The van der Waals surface area contributed by atoms with Crippen LogP contribution in [0.1, 0.15) is 18.9 Å². The molecule has 2 aromatic rings. The number of benzene rings is 1. The molecule has 2 unspecified atom stereocenters. The van der Waals surface area contributed by atoms with Crippen molar-refractivity contribution in [2.75, 3.05) is 12.4 Å². The van der Waals surface area contributed by atoms with E-state index < -0.39 is 0 Å². The quantitative estimate of drug-likeness (QED) is 0.794. The van der Waals surface area contributed by atoms with Crippen molar-refractivity contribution >= 4 is 22.5 Å². The minimum atomic E-state index is 0.501. The Morgan fingerprint density at radius 2 is 2.16 bits per heavy atom. The van der Waals surface area contributed by atoms with Crippen LogP contribution in [0.15, 0.2) is 36.5 Å². The number of alkyl halides is 1. The fourth-order valence-electron chi connectivity index (χ4n) is 3.05. The Kier molecular flexibility index (Phi) is 3.72. The van der Waals surface area contributed by atoms with E-state index in [4.69, 9.17) is 11.6 Å². The summed E-state index contributed by atoms with van der Waals surface area (Å²) in [6, 6.07) is 11.0. The second-order valence-corrected chi connectivity index (χ2v) is 5.76. The summed E-state index contributed by atoms with van der Waals surface area (Å²) in [5.41, 5.74) is 2.43. The van der Waals surface area contributed by atoms with Crippen LogP contribution in [0.2, 0.25) is 0 Å². The van der Waals surface area contributed by atoms with Gasteiger partial charge >= 0.3 is 0 Å². The van der Waals surface area contributed by atoms with Crippen molar-refractivity contribution in [3.63, 3.8) is 0 Å². The van der Waals surface area contributed by atoms with Crippen molar-refractivity contribution in [1.29, 1.82) is 0 Å². The molecule has 0 N–H and O–H groups in total. The molecular formula is C16H19ClN2. The zero-order chi connectivity index (χ0) is 13.2. The third-order valence-electron chi connectivity index (χ3n) is 4.25. The molecule has 2 nitrogen and oxygen atoms in total. The zero-order valence-corrected chi connectivity index (χ0v) is 12.0. The number of rotatable bonds is 3. The molecule has 0 spiro atoms. The minimum Gasteiger partial charge on any atom is -0.295 e. The highest BCUT2D eigenvalue weighted by atomic mass is 35.5. The van der Waals surface area contributed by atoms with Gasteiger partial charge in [0.15, 0.2) is 0 Å². The number of halogens is 1. The van der Waals surface area contributed by atoms with Crippen molar-refractivity contribution in [2.24, 2.45) is 5.92 Å². The summed E-state index contributed by atoms with van der Waals surface area (Å²) < 4.78 is 0. The van der Waals surface area contributed by atoms with Crippen LogP contribution in [0.25, 0.3) is 10.9 Å². The fraction of sp³-hybridized carbons (Fsp3) is 0.438. The lowest BCUT2D eigenvalue weighted by Crippen LogP contribution is -2.33. The second-order valence-electron chi connectivity index (χ2n) is 5.45. The molecule has 1 aliphatic rings. The number of fused-ring (bicyclic) bond motifs is 1. The van der Waals surface area contributed by atoms with E-state index >= 15 is 0 Å². The molecule has 2 heterocycles. The van der Waals surface area contributed by atoms with Gasteiger partial charge in [0.2, 0.25) is 0 Å². The van der Waals surface area contributed by atoms with Crippen LogP contribution < -0.4 is 0 Å². The summed E-state index contributed by atoms with van der Waals surface area (Å²) in [7, 11) is 0. The largest absolute Gasteiger partial charge is 0.295 e. The molecule has 0 saturated carbocycles. The van der Waals surface area contributed by atoms with Crippen LogP contribution in [0.4, 0.5) is 0 Å². The lowest BCUT2D eigenvalue weighted by atomic mass is 10.0. The molecule has 2 atom stereocenters.